The highest BCUT2D eigenvalue weighted by Gasteiger charge is 2.14. The first-order chi connectivity index (χ1) is 13.6. The van der Waals surface area contributed by atoms with E-state index in [1.54, 1.807) is 18.3 Å². The third kappa shape index (κ3) is 3.52. The van der Waals surface area contributed by atoms with Gasteiger partial charge in [-0.3, -0.25) is 4.79 Å². The molecule has 28 heavy (non-hydrogen) atoms. The molecule has 5 nitrogen and oxygen atoms in total. The highest BCUT2D eigenvalue weighted by Crippen LogP contribution is 2.29. The van der Waals surface area contributed by atoms with Gasteiger partial charge in [0.2, 0.25) is 0 Å². The number of pyridine rings is 1. The summed E-state index contributed by atoms with van der Waals surface area (Å²) < 4.78 is 1.91. The highest BCUT2D eigenvalue weighted by molar-refractivity contribution is 6.33. The van der Waals surface area contributed by atoms with Gasteiger partial charge >= 0.3 is 0 Å². The van der Waals surface area contributed by atoms with Crippen LogP contribution in [0.4, 0.5) is 0 Å². The average Bonchev–Trinajstić information content (AvgIpc) is 3.12. The van der Waals surface area contributed by atoms with Gasteiger partial charge in [-0.2, -0.15) is 5.10 Å². The van der Waals surface area contributed by atoms with E-state index >= 15 is 0 Å². The van der Waals surface area contributed by atoms with Crippen LogP contribution in [0.3, 0.4) is 0 Å². The molecule has 2 aromatic carbocycles. The number of aromatic nitrogens is 2. The molecule has 4 aromatic rings. The van der Waals surface area contributed by atoms with Gasteiger partial charge in [-0.15, -0.1) is 0 Å². The topological polar surface area (TPSA) is 59.3 Å². The number of aryl methyl sites for hydroxylation is 1. The molecule has 2 heterocycles. The average molecular weight is 389 g/mol. The van der Waals surface area contributed by atoms with Crippen LogP contribution in [-0.2, 0) is 7.05 Å². The van der Waals surface area contributed by atoms with Crippen LogP contribution in [0.25, 0.3) is 22.2 Å². The summed E-state index contributed by atoms with van der Waals surface area (Å²) in [6.07, 6.45) is 3.52. The van der Waals surface area contributed by atoms with E-state index in [-0.39, 0.29) is 5.91 Å². The normalized spacial score (nSPS) is 11.2. The largest absolute Gasteiger partial charge is 0.350 e. The Bertz CT molecular complexity index is 1200. The van der Waals surface area contributed by atoms with Crippen molar-refractivity contribution in [3.8, 4) is 11.3 Å². The molecule has 0 aliphatic carbocycles. The molecule has 0 bridgehead atoms. The van der Waals surface area contributed by atoms with Gasteiger partial charge in [0.05, 0.1) is 28.7 Å². The summed E-state index contributed by atoms with van der Waals surface area (Å²) >= 11 is 6.33. The molecule has 0 spiro atoms. The van der Waals surface area contributed by atoms with Crippen molar-refractivity contribution in [3.63, 3.8) is 0 Å². The maximum atomic E-state index is 12.8. The van der Waals surface area contributed by atoms with Gasteiger partial charge < -0.3 is 4.57 Å². The van der Waals surface area contributed by atoms with E-state index in [0.717, 1.165) is 22.2 Å². The predicted octanol–water partition coefficient (Wildman–Crippen LogP) is 4.66. The van der Waals surface area contributed by atoms with Crippen molar-refractivity contribution in [3.05, 3.63) is 89.2 Å². The minimum absolute atomic E-state index is 0.308. The van der Waals surface area contributed by atoms with Crippen molar-refractivity contribution in [1.82, 2.24) is 15.0 Å². The number of amides is 1. The number of hydrazone groups is 1. The van der Waals surface area contributed by atoms with Crippen molar-refractivity contribution in [2.45, 2.75) is 0 Å². The van der Waals surface area contributed by atoms with E-state index in [4.69, 9.17) is 11.6 Å². The number of hydrogen-bond donors (Lipinski definition) is 1. The van der Waals surface area contributed by atoms with E-state index in [0.29, 0.717) is 16.3 Å². The number of hydrogen-bond acceptors (Lipinski definition) is 3. The molecule has 0 aliphatic rings. The minimum atomic E-state index is -0.308. The molecule has 0 saturated heterocycles. The van der Waals surface area contributed by atoms with Gasteiger partial charge in [-0.1, -0.05) is 48.0 Å². The Labute approximate surface area is 167 Å². The van der Waals surface area contributed by atoms with Crippen molar-refractivity contribution >= 4 is 34.6 Å². The van der Waals surface area contributed by atoms with Gasteiger partial charge in [0.25, 0.3) is 5.91 Å². The van der Waals surface area contributed by atoms with Crippen LogP contribution in [0.15, 0.2) is 78.0 Å². The molecule has 0 aliphatic heterocycles. The summed E-state index contributed by atoms with van der Waals surface area (Å²) in [4.78, 5) is 17.5. The molecule has 0 fully saturated rings. The third-order valence-corrected chi connectivity index (χ3v) is 4.79. The number of benzene rings is 2. The number of nitrogens with zero attached hydrogens (tertiary/aromatic N) is 3. The lowest BCUT2D eigenvalue weighted by atomic mass is 10.0. The second-order valence-corrected chi connectivity index (χ2v) is 6.70. The Hall–Kier alpha value is -3.44. The van der Waals surface area contributed by atoms with Crippen LogP contribution in [-0.4, -0.2) is 21.7 Å². The van der Waals surface area contributed by atoms with Crippen LogP contribution in [0.2, 0.25) is 5.02 Å². The van der Waals surface area contributed by atoms with Crippen LogP contribution in [0.1, 0.15) is 16.1 Å². The first kappa shape index (κ1) is 17.9. The third-order valence-electron chi connectivity index (χ3n) is 4.46. The molecule has 0 unspecified atom stereocenters. The quantitative estimate of drug-likeness (QED) is 0.408. The lowest BCUT2D eigenvalue weighted by Gasteiger charge is -2.10. The van der Waals surface area contributed by atoms with E-state index < -0.39 is 0 Å². The smallest absolute Gasteiger partial charge is 0.272 e. The molecule has 4 rings (SSSR count). The maximum Gasteiger partial charge on any atom is 0.272 e. The minimum Gasteiger partial charge on any atom is -0.350 e. The molecule has 1 N–H and O–H groups in total. The summed E-state index contributed by atoms with van der Waals surface area (Å²) in [5.74, 6) is -0.308. The first-order valence-corrected chi connectivity index (χ1v) is 9.11. The Kier molecular flexibility index (Phi) is 4.91. The Morgan fingerprint density at radius 2 is 1.89 bits per heavy atom. The molecular formula is C22H17ClN4O. The molecule has 0 atom stereocenters. The lowest BCUT2D eigenvalue weighted by molar-refractivity contribution is 0.0956. The number of rotatable bonds is 4. The molecule has 6 heteroatoms. The number of carbonyl (C=O) groups is 1. The second kappa shape index (κ2) is 7.66. The Balaban J connectivity index is 1.73. The van der Waals surface area contributed by atoms with Crippen LogP contribution < -0.4 is 5.43 Å². The zero-order valence-corrected chi connectivity index (χ0v) is 15.9. The standard InChI is InChI=1S/C22H17ClN4O/c1-27-12-6-7-15(27)14-24-26-22(28)18-13-21(17-9-2-4-10-19(17)23)25-20-11-5-3-8-16(18)20/h2-14H,1H3,(H,26,28)/b24-14+. The van der Waals surface area contributed by atoms with Gasteiger partial charge in [-0.25, -0.2) is 10.4 Å². The summed E-state index contributed by atoms with van der Waals surface area (Å²) in [7, 11) is 1.91. The summed E-state index contributed by atoms with van der Waals surface area (Å²) in [6, 6.07) is 20.5. The monoisotopic (exact) mass is 388 g/mol. The zero-order chi connectivity index (χ0) is 19.5. The number of para-hydroxylation sites is 1. The summed E-state index contributed by atoms with van der Waals surface area (Å²) in [6.45, 7) is 0. The summed E-state index contributed by atoms with van der Waals surface area (Å²) in [5, 5.41) is 5.42. The zero-order valence-electron chi connectivity index (χ0n) is 15.1. The first-order valence-electron chi connectivity index (χ1n) is 8.73. The van der Waals surface area contributed by atoms with E-state index in [9.17, 15) is 4.79 Å². The molecule has 2 aromatic heterocycles. The number of halogens is 1. The van der Waals surface area contributed by atoms with E-state index in [1.165, 1.54) is 0 Å². The van der Waals surface area contributed by atoms with Gasteiger partial charge in [0, 0.05) is 29.2 Å². The second-order valence-electron chi connectivity index (χ2n) is 6.30. The SMILES string of the molecule is Cn1cccc1/C=N/NC(=O)c1cc(-c2ccccc2Cl)nc2ccccc12. The van der Waals surface area contributed by atoms with Crippen molar-refractivity contribution in [2.24, 2.45) is 12.1 Å². The van der Waals surface area contributed by atoms with Crippen LogP contribution in [0.5, 0.6) is 0 Å². The van der Waals surface area contributed by atoms with Crippen molar-refractivity contribution < 1.29 is 4.79 Å². The fourth-order valence-electron chi connectivity index (χ4n) is 3.00. The van der Waals surface area contributed by atoms with Crippen LogP contribution >= 0.6 is 11.6 Å². The van der Waals surface area contributed by atoms with Crippen molar-refractivity contribution in [2.75, 3.05) is 0 Å². The molecule has 1 amide bonds. The fraction of sp³-hybridized carbons (Fsp3) is 0.0455. The number of nitrogens with one attached hydrogen (secondary N) is 1. The number of fused-ring (bicyclic) bond motifs is 1. The van der Waals surface area contributed by atoms with Gasteiger partial charge in [0.1, 0.15) is 0 Å². The molecule has 138 valence electrons. The van der Waals surface area contributed by atoms with Gasteiger partial charge in [-0.05, 0) is 30.3 Å². The fourth-order valence-corrected chi connectivity index (χ4v) is 3.23. The lowest BCUT2D eigenvalue weighted by Crippen LogP contribution is -2.18. The van der Waals surface area contributed by atoms with E-state index in [2.05, 4.69) is 15.5 Å². The van der Waals surface area contributed by atoms with Crippen molar-refractivity contribution in [1.29, 1.82) is 0 Å². The van der Waals surface area contributed by atoms with Crippen LogP contribution in [0, 0.1) is 0 Å². The van der Waals surface area contributed by atoms with Gasteiger partial charge in [0.15, 0.2) is 0 Å². The predicted molar refractivity (Wildman–Crippen MR) is 113 cm³/mol. The van der Waals surface area contributed by atoms with E-state index in [1.807, 2.05) is 72.4 Å². The Morgan fingerprint density at radius 3 is 2.68 bits per heavy atom. The Morgan fingerprint density at radius 1 is 1.11 bits per heavy atom. The maximum absolute atomic E-state index is 12.8. The molecule has 0 radical (unpaired) electrons. The summed E-state index contributed by atoms with van der Waals surface area (Å²) in [5.41, 5.74) is 6.12. The number of carbonyl (C=O) groups excluding carboxylic acids is 1. The highest BCUT2D eigenvalue weighted by atomic mass is 35.5. The molecular weight excluding hydrogens is 372 g/mol. The molecule has 0 saturated carbocycles.